The van der Waals surface area contributed by atoms with Crippen molar-refractivity contribution < 1.29 is 4.74 Å². The molecule has 1 heterocycles. The van der Waals surface area contributed by atoms with Crippen LogP contribution in [-0.4, -0.2) is 40.5 Å². The van der Waals surface area contributed by atoms with Gasteiger partial charge in [-0.1, -0.05) is 18.2 Å². The number of ether oxygens (including phenoxy) is 1. The van der Waals surface area contributed by atoms with Gasteiger partial charge >= 0.3 is 0 Å². The zero-order chi connectivity index (χ0) is 14.5. The summed E-state index contributed by atoms with van der Waals surface area (Å²) in [5.74, 6) is 0.804. The van der Waals surface area contributed by atoms with Crippen molar-refractivity contribution in [1.82, 2.24) is 25.5 Å². The van der Waals surface area contributed by atoms with Gasteiger partial charge in [-0.05, 0) is 42.3 Å². The average Bonchev–Trinajstić information content (AvgIpc) is 2.88. The van der Waals surface area contributed by atoms with Crippen molar-refractivity contribution in [3.8, 4) is 5.69 Å². The SMILES string of the molecule is COCCNC(C)c1nnnn1-c1c(C)cccc1C. The molecule has 0 aliphatic carbocycles. The van der Waals surface area contributed by atoms with Gasteiger partial charge in [0.05, 0.1) is 18.3 Å². The maximum atomic E-state index is 5.04. The van der Waals surface area contributed by atoms with E-state index in [0.717, 1.165) is 29.2 Å². The highest BCUT2D eigenvalue weighted by atomic mass is 16.5. The molecule has 0 aliphatic heterocycles. The summed E-state index contributed by atoms with van der Waals surface area (Å²) in [7, 11) is 1.69. The summed E-state index contributed by atoms with van der Waals surface area (Å²) in [6, 6.07) is 6.23. The topological polar surface area (TPSA) is 64.9 Å². The maximum Gasteiger partial charge on any atom is 0.173 e. The minimum absolute atomic E-state index is 0.0548. The van der Waals surface area contributed by atoms with E-state index in [2.05, 4.69) is 46.8 Å². The molecule has 20 heavy (non-hydrogen) atoms. The Kier molecular flexibility index (Phi) is 4.81. The van der Waals surface area contributed by atoms with Crippen LogP contribution in [0.25, 0.3) is 5.69 Å². The standard InChI is InChI=1S/C14H21N5O/c1-10-6-5-7-11(2)13(10)19-14(16-17-18-19)12(3)15-8-9-20-4/h5-7,12,15H,8-9H2,1-4H3. The molecule has 1 aromatic heterocycles. The van der Waals surface area contributed by atoms with Crippen molar-refractivity contribution in [2.75, 3.05) is 20.3 Å². The van der Waals surface area contributed by atoms with E-state index >= 15 is 0 Å². The molecule has 0 fully saturated rings. The first-order chi connectivity index (χ1) is 9.65. The van der Waals surface area contributed by atoms with E-state index < -0.39 is 0 Å². The van der Waals surface area contributed by atoms with Crippen molar-refractivity contribution in [3.63, 3.8) is 0 Å². The monoisotopic (exact) mass is 275 g/mol. The van der Waals surface area contributed by atoms with Crippen LogP contribution in [0.5, 0.6) is 0 Å². The van der Waals surface area contributed by atoms with Crippen LogP contribution in [0.3, 0.4) is 0 Å². The van der Waals surface area contributed by atoms with Gasteiger partial charge in [-0.25, -0.2) is 0 Å². The van der Waals surface area contributed by atoms with Crippen LogP contribution in [0.2, 0.25) is 0 Å². The second-order valence-corrected chi connectivity index (χ2v) is 4.86. The van der Waals surface area contributed by atoms with Crippen molar-refractivity contribution in [2.24, 2.45) is 0 Å². The lowest BCUT2D eigenvalue weighted by atomic mass is 10.1. The molecule has 1 N–H and O–H groups in total. The van der Waals surface area contributed by atoms with Gasteiger partial charge in [-0.15, -0.1) is 5.10 Å². The van der Waals surface area contributed by atoms with Crippen LogP contribution in [-0.2, 0) is 4.74 Å². The fourth-order valence-electron chi connectivity index (χ4n) is 2.23. The molecule has 108 valence electrons. The van der Waals surface area contributed by atoms with E-state index in [1.54, 1.807) is 7.11 Å². The minimum Gasteiger partial charge on any atom is -0.383 e. The lowest BCUT2D eigenvalue weighted by molar-refractivity contribution is 0.196. The highest BCUT2D eigenvalue weighted by molar-refractivity contribution is 5.46. The molecule has 0 spiro atoms. The third-order valence-electron chi connectivity index (χ3n) is 3.29. The van der Waals surface area contributed by atoms with Gasteiger partial charge in [0.25, 0.3) is 0 Å². The number of hydrogen-bond acceptors (Lipinski definition) is 5. The largest absolute Gasteiger partial charge is 0.383 e. The Labute approximate surface area is 119 Å². The molecule has 1 aromatic carbocycles. The molecule has 6 heteroatoms. The number of nitrogens with one attached hydrogen (secondary N) is 1. The molecule has 0 aliphatic rings. The number of methoxy groups -OCH3 is 1. The summed E-state index contributed by atoms with van der Waals surface area (Å²) < 4.78 is 6.86. The first kappa shape index (κ1) is 14.6. The van der Waals surface area contributed by atoms with Gasteiger partial charge in [0, 0.05) is 13.7 Å². The molecule has 1 unspecified atom stereocenters. The second-order valence-electron chi connectivity index (χ2n) is 4.86. The van der Waals surface area contributed by atoms with Crippen molar-refractivity contribution in [3.05, 3.63) is 35.2 Å². The van der Waals surface area contributed by atoms with E-state index in [9.17, 15) is 0 Å². The number of benzene rings is 1. The number of nitrogens with zero attached hydrogens (tertiary/aromatic N) is 4. The number of tetrazole rings is 1. The fraction of sp³-hybridized carbons (Fsp3) is 0.500. The Hall–Kier alpha value is -1.79. The lowest BCUT2D eigenvalue weighted by Crippen LogP contribution is -2.25. The van der Waals surface area contributed by atoms with E-state index in [1.165, 1.54) is 0 Å². The molecule has 0 amide bonds. The Morgan fingerprint density at radius 3 is 2.65 bits per heavy atom. The zero-order valence-electron chi connectivity index (χ0n) is 12.4. The molecule has 2 aromatic rings. The van der Waals surface area contributed by atoms with Crippen molar-refractivity contribution >= 4 is 0 Å². The van der Waals surface area contributed by atoms with Gasteiger partial charge in [0.15, 0.2) is 5.82 Å². The molecule has 0 bridgehead atoms. The summed E-state index contributed by atoms with van der Waals surface area (Å²) in [6.07, 6.45) is 0. The molecule has 0 radical (unpaired) electrons. The first-order valence-corrected chi connectivity index (χ1v) is 6.72. The molecular weight excluding hydrogens is 254 g/mol. The first-order valence-electron chi connectivity index (χ1n) is 6.72. The Morgan fingerprint density at radius 1 is 1.30 bits per heavy atom. The number of aryl methyl sites for hydroxylation is 2. The average molecular weight is 275 g/mol. The second kappa shape index (κ2) is 6.58. The van der Waals surface area contributed by atoms with E-state index in [0.29, 0.717) is 6.61 Å². The van der Waals surface area contributed by atoms with Crippen LogP contribution in [0.15, 0.2) is 18.2 Å². The smallest absolute Gasteiger partial charge is 0.173 e. The maximum absolute atomic E-state index is 5.04. The van der Waals surface area contributed by atoms with Gasteiger partial charge in [-0.3, -0.25) is 0 Å². The predicted molar refractivity (Wildman–Crippen MR) is 76.9 cm³/mol. The predicted octanol–water partition coefficient (Wildman–Crippen LogP) is 1.58. The fourth-order valence-corrected chi connectivity index (χ4v) is 2.23. The summed E-state index contributed by atoms with van der Waals surface area (Å²) in [5.41, 5.74) is 3.36. The highest BCUT2D eigenvalue weighted by Gasteiger charge is 2.17. The minimum atomic E-state index is 0.0548. The number of para-hydroxylation sites is 1. The van der Waals surface area contributed by atoms with Gasteiger partial charge in [0.2, 0.25) is 0 Å². The summed E-state index contributed by atoms with van der Waals surface area (Å²) >= 11 is 0. The third-order valence-corrected chi connectivity index (χ3v) is 3.29. The van der Waals surface area contributed by atoms with Crippen LogP contribution < -0.4 is 5.32 Å². The van der Waals surface area contributed by atoms with Crippen LogP contribution >= 0.6 is 0 Å². The van der Waals surface area contributed by atoms with E-state index in [-0.39, 0.29) is 6.04 Å². The summed E-state index contributed by atoms with van der Waals surface area (Å²) in [5, 5.41) is 15.5. The Balaban J connectivity index is 2.28. The molecule has 6 nitrogen and oxygen atoms in total. The lowest BCUT2D eigenvalue weighted by Gasteiger charge is -2.15. The van der Waals surface area contributed by atoms with E-state index in [4.69, 9.17) is 4.74 Å². The van der Waals surface area contributed by atoms with Crippen molar-refractivity contribution in [2.45, 2.75) is 26.8 Å². The molecular formula is C14H21N5O. The Bertz CT molecular complexity index is 546. The van der Waals surface area contributed by atoms with Gasteiger partial charge < -0.3 is 10.1 Å². The van der Waals surface area contributed by atoms with Crippen LogP contribution in [0.1, 0.15) is 29.9 Å². The molecule has 0 saturated heterocycles. The van der Waals surface area contributed by atoms with Gasteiger partial charge in [-0.2, -0.15) is 4.68 Å². The Morgan fingerprint density at radius 2 is 2.00 bits per heavy atom. The number of aromatic nitrogens is 4. The molecule has 1 atom stereocenters. The molecule has 0 saturated carbocycles. The summed E-state index contributed by atoms with van der Waals surface area (Å²) in [6.45, 7) is 7.60. The highest BCUT2D eigenvalue weighted by Crippen LogP contribution is 2.20. The third kappa shape index (κ3) is 3.02. The number of hydrogen-bond donors (Lipinski definition) is 1. The van der Waals surface area contributed by atoms with Crippen LogP contribution in [0.4, 0.5) is 0 Å². The van der Waals surface area contributed by atoms with E-state index in [1.807, 2.05) is 17.7 Å². The number of rotatable bonds is 6. The van der Waals surface area contributed by atoms with Gasteiger partial charge in [0.1, 0.15) is 0 Å². The normalized spacial score (nSPS) is 12.6. The van der Waals surface area contributed by atoms with Crippen molar-refractivity contribution in [1.29, 1.82) is 0 Å². The van der Waals surface area contributed by atoms with Crippen LogP contribution in [0, 0.1) is 13.8 Å². The molecule has 2 rings (SSSR count). The summed E-state index contributed by atoms with van der Waals surface area (Å²) in [4.78, 5) is 0. The zero-order valence-corrected chi connectivity index (χ0v) is 12.4. The quantitative estimate of drug-likeness (QED) is 0.811.